The third-order valence-electron chi connectivity index (χ3n) is 4.14. The normalized spacial score (nSPS) is 16.1. The molecule has 0 radical (unpaired) electrons. The minimum atomic E-state index is -0.834. The highest BCUT2D eigenvalue weighted by Gasteiger charge is 2.29. The summed E-state index contributed by atoms with van der Waals surface area (Å²) in [6.07, 6.45) is 5.42. The Kier molecular flexibility index (Phi) is 4.82. The van der Waals surface area contributed by atoms with Crippen molar-refractivity contribution in [2.24, 2.45) is 5.73 Å². The molecule has 0 heterocycles. The van der Waals surface area contributed by atoms with E-state index in [0.717, 1.165) is 28.9 Å². The van der Waals surface area contributed by atoms with Crippen LogP contribution >= 0.6 is 0 Å². The molecular weight excluding hydrogens is 304 g/mol. The Bertz CT molecular complexity index is 744. The molecule has 1 atom stereocenters. The molecule has 0 saturated carbocycles. The fraction of sp³-hybridized carbons (Fsp3) is 0.211. The summed E-state index contributed by atoms with van der Waals surface area (Å²) < 4.78 is 5.74. The summed E-state index contributed by atoms with van der Waals surface area (Å²) in [4.78, 5) is 11.1. The number of amides is 2. The third kappa shape index (κ3) is 3.58. The molecule has 3 rings (SSSR count). The van der Waals surface area contributed by atoms with Crippen molar-refractivity contribution in [1.29, 1.82) is 0 Å². The van der Waals surface area contributed by atoms with Crippen LogP contribution in [-0.4, -0.2) is 22.9 Å². The van der Waals surface area contributed by atoms with Crippen LogP contribution in [0.25, 0.3) is 6.08 Å². The second kappa shape index (κ2) is 7.19. The second-order valence-corrected chi connectivity index (χ2v) is 5.72. The average Bonchev–Trinajstić information content (AvgIpc) is 3.02. The van der Waals surface area contributed by atoms with E-state index >= 15 is 0 Å². The molecule has 5 nitrogen and oxygen atoms in total. The number of benzene rings is 2. The van der Waals surface area contributed by atoms with Gasteiger partial charge in [0.2, 0.25) is 0 Å². The van der Waals surface area contributed by atoms with Crippen molar-refractivity contribution in [3.63, 3.8) is 0 Å². The number of ether oxygens (including phenoxy) is 1. The SMILES string of the molecule is NC(=O)N(O)C1CCc2cc(OCC=Cc3ccccc3)ccc21. The van der Waals surface area contributed by atoms with Gasteiger partial charge in [0.1, 0.15) is 12.4 Å². The third-order valence-corrected chi connectivity index (χ3v) is 4.14. The summed E-state index contributed by atoms with van der Waals surface area (Å²) in [5, 5.41) is 10.3. The zero-order valence-corrected chi connectivity index (χ0v) is 13.3. The number of fused-ring (bicyclic) bond motifs is 1. The van der Waals surface area contributed by atoms with Crippen LogP contribution in [0.3, 0.4) is 0 Å². The zero-order chi connectivity index (χ0) is 16.9. The Labute approximate surface area is 140 Å². The van der Waals surface area contributed by atoms with Crippen LogP contribution < -0.4 is 10.5 Å². The van der Waals surface area contributed by atoms with E-state index in [1.807, 2.05) is 60.7 Å². The van der Waals surface area contributed by atoms with Crippen LogP contribution in [0.2, 0.25) is 0 Å². The first-order valence-corrected chi connectivity index (χ1v) is 7.90. The summed E-state index contributed by atoms with van der Waals surface area (Å²) in [6, 6.07) is 14.5. The molecule has 0 aromatic heterocycles. The molecule has 2 aromatic rings. The van der Waals surface area contributed by atoms with Crippen LogP contribution in [-0.2, 0) is 6.42 Å². The first-order valence-electron chi connectivity index (χ1n) is 7.90. The number of hydrogen-bond acceptors (Lipinski definition) is 3. The lowest BCUT2D eigenvalue weighted by atomic mass is 10.1. The molecule has 1 unspecified atom stereocenters. The summed E-state index contributed by atoms with van der Waals surface area (Å²) in [5.41, 5.74) is 8.26. The van der Waals surface area contributed by atoms with Gasteiger partial charge in [-0.05, 0) is 47.7 Å². The van der Waals surface area contributed by atoms with Crippen molar-refractivity contribution in [2.45, 2.75) is 18.9 Å². The number of rotatable bonds is 5. The van der Waals surface area contributed by atoms with Crippen LogP contribution in [0.1, 0.15) is 29.2 Å². The number of urea groups is 1. The molecule has 0 fully saturated rings. The molecule has 1 aliphatic carbocycles. The molecular formula is C19H20N2O3. The number of primary amides is 1. The average molecular weight is 324 g/mol. The number of nitrogens with two attached hydrogens (primary N) is 1. The lowest BCUT2D eigenvalue weighted by Gasteiger charge is -2.20. The molecule has 0 spiro atoms. The van der Waals surface area contributed by atoms with Gasteiger partial charge in [-0.2, -0.15) is 5.06 Å². The summed E-state index contributed by atoms with van der Waals surface area (Å²) >= 11 is 0. The Balaban J connectivity index is 1.61. The van der Waals surface area contributed by atoms with Gasteiger partial charge in [-0.15, -0.1) is 0 Å². The van der Waals surface area contributed by atoms with E-state index in [-0.39, 0.29) is 6.04 Å². The highest BCUT2D eigenvalue weighted by Crippen LogP contribution is 2.36. The van der Waals surface area contributed by atoms with E-state index in [0.29, 0.717) is 18.1 Å². The predicted octanol–water partition coefficient (Wildman–Crippen LogP) is 3.54. The van der Waals surface area contributed by atoms with Gasteiger partial charge in [0.05, 0.1) is 6.04 Å². The topological polar surface area (TPSA) is 75.8 Å². The van der Waals surface area contributed by atoms with Crippen molar-refractivity contribution in [2.75, 3.05) is 6.61 Å². The van der Waals surface area contributed by atoms with Crippen molar-refractivity contribution >= 4 is 12.1 Å². The summed E-state index contributed by atoms with van der Waals surface area (Å²) in [5.74, 6) is 0.774. The summed E-state index contributed by atoms with van der Waals surface area (Å²) in [7, 11) is 0. The number of nitrogens with zero attached hydrogens (tertiary/aromatic N) is 1. The van der Waals surface area contributed by atoms with E-state index in [1.165, 1.54) is 0 Å². The zero-order valence-electron chi connectivity index (χ0n) is 13.3. The van der Waals surface area contributed by atoms with E-state index in [2.05, 4.69) is 0 Å². The van der Waals surface area contributed by atoms with Crippen LogP contribution in [0, 0.1) is 0 Å². The standard InChI is InChI=1S/C19H20N2O3/c20-19(22)21(23)18-11-8-15-13-16(9-10-17(15)18)24-12-4-7-14-5-2-1-3-6-14/h1-7,9-10,13,18,23H,8,11-12H2,(H2,20,22). The smallest absolute Gasteiger partial charge is 0.339 e. The molecule has 0 aliphatic heterocycles. The van der Waals surface area contributed by atoms with Gasteiger partial charge in [-0.3, -0.25) is 5.21 Å². The minimum Gasteiger partial charge on any atom is -0.490 e. The van der Waals surface area contributed by atoms with Gasteiger partial charge < -0.3 is 10.5 Å². The fourth-order valence-electron chi connectivity index (χ4n) is 2.96. The van der Waals surface area contributed by atoms with Gasteiger partial charge in [-0.25, -0.2) is 4.79 Å². The molecule has 3 N–H and O–H groups in total. The molecule has 2 aromatic carbocycles. The quantitative estimate of drug-likeness (QED) is 0.652. The number of hydroxylamine groups is 2. The van der Waals surface area contributed by atoms with E-state index in [4.69, 9.17) is 10.5 Å². The predicted molar refractivity (Wildman–Crippen MR) is 91.7 cm³/mol. The second-order valence-electron chi connectivity index (χ2n) is 5.72. The fourth-order valence-corrected chi connectivity index (χ4v) is 2.96. The van der Waals surface area contributed by atoms with Crippen molar-refractivity contribution in [3.05, 3.63) is 71.3 Å². The minimum absolute atomic E-state index is 0.371. The highest BCUT2D eigenvalue weighted by molar-refractivity contribution is 5.71. The van der Waals surface area contributed by atoms with Crippen LogP contribution in [0.15, 0.2) is 54.6 Å². The number of carbonyl (C=O) groups excluding carboxylic acids is 1. The first-order chi connectivity index (χ1) is 11.6. The van der Waals surface area contributed by atoms with Gasteiger partial charge in [0, 0.05) is 0 Å². The Morgan fingerprint density at radius 2 is 2.08 bits per heavy atom. The Hall–Kier alpha value is -2.79. The maximum Gasteiger partial charge on any atom is 0.339 e. The monoisotopic (exact) mass is 324 g/mol. The molecule has 0 bridgehead atoms. The number of hydrogen-bond donors (Lipinski definition) is 2. The molecule has 124 valence electrons. The summed E-state index contributed by atoms with van der Waals surface area (Å²) in [6.45, 7) is 0.477. The number of carbonyl (C=O) groups is 1. The molecule has 24 heavy (non-hydrogen) atoms. The lowest BCUT2D eigenvalue weighted by molar-refractivity contribution is -0.0757. The van der Waals surface area contributed by atoms with Crippen molar-refractivity contribution in [3.8, 4) is 5.75 Å². The largest absolute Gasteiger partial charge is 0.490 e. The van der Waals surface area contributed by atoms with E-state index in [9.17, 15) is 10.0 Å². The number of aryl methyl sites for hydroxylation is 1. The van der Waals surface area contributed by atoms with Crippen molar-refractivity contribution in [1.82, 2.24) is 5.06 Å². The maximum absolute atomic E-state index is 11.1. The van der Waals surface area contributed by atoms with Crippen LogP contribution in [0.5, 0.6) is 5.75 Å². The molecule has 0 saturated heterocycles. The Morgan fingerprint density at radius 3 is 2.83 bits per heavy atom. The van der Waals surface area contributed by atoms with Crippen LogP contribution in [0.4, 0.5) is 4.79 Å². The molecule has 1 aliphatic rings. The van der Waals surface area contributed by atoms with E-state index in [1.54, 1.807) is 0 Å². The van der Waals surface area contributed by atoms with Gasteiger partial charge in [-0.1, -0.05) is 42.5 Å². The molecule has 5 heteroatoms. The highest BCUT2D eigenvalue weighted by atomic mass is 16.5. The molecule has 2 amide bonds. The van der Waals surface area contributed by atoms with Gasteiger partial charge >= 0.3 is 6.03 Å². The van der Waals surface area contributed by atoms with Gasteiger partial charge in [0.25, 0.3) is 0 Å². The maximum atomic E-state index is 11.1. The lowest BCUT2D eigenvalue weighted by Crippen LogP contribution is -2.35. The van der Waals surface area contributed by atoms with Crippen molar-refractivity contribution < 1.29 is 14.7 Å². The first kappa shape index (κ1) is 16.1. The Morgan fingerprint density at radius 1 is 1.29 bits per heavy atom. The van der Waals surface area contributed by atoms with Gasteiger partial charge in [0.15, 0.2) is 0 Å². The van der Waals surface area contributed by atoms with E-state index < -0.39 is 6.03 Å².